The minimum Gasteiger partial charge on any atom is -0.450 e. The van der Waals surface area contributed by atoms with Crippen molar-refractivity contribution in [3.05, 3.63) is 22.4 Å². The highest BCUT2D eigenvalue weighted by molar-refractivity contribution is 7.09. The van der Waals surface area contributed by atoms with E-state index in [9.17, 15) is 9.59 Å². The zero-order valence-corrected chi connectivity index (χ0v) is 13.7. The number of nitrogens with one attached hydrogen (secondary N) is 1. The molecule has 0 bridgehead atoms. The number of ether oxygens (including phenoxy) is 1. The summed E-state index contributed by atoms with van der Waals surface area (Å²) in [7, 11) is 0. The number of piperazine rings is 1. The number of amides is 2. The number of rotatable bonds is 6. The molecule has 2 rings (SSSR count). The lowest BCUT2D eigenvalue weighted by Gasteiger charge is -2.33. The zero-order valence-electron chi connectivity index (χ0n) is 12.9. The highest BCUT2D eigenvalue weighted by Crippen LogP contribution is 2.08. The molecule has 1 N–H and O–H groups in total. The Bertz CT molecular complexity index is 470. The summed E-state index contributed by atoms with van der Waals surface area (Å²) in [6, 6.07) is 4.09. The van der Waals surface area contributed by atoms with Crippen LogP contribution in [0.25, 0.3) is 0 Å². The molecule has 0 radical (unpaired) electrons. The van der Waals surface area contributed by atoms with Crippen molar-refractivity contribution in [3.63, 3.8) is 0 Å². The fourth-order valence-corrected chi connectivity index (χ4v) is 3.05. The van der Waals surface area contributed by atoms with Gasteiger partial charge in [-0.2, -0.15) is 0 Å². The second-order valence-corrected chi connectivity index (χ2v) is 6.17. The average molecular weight is 325 g/mol. The smallest absolute Gasteiger partial charge is 0.409 e. The molecule has 0 saturated carbocycles. The van der Waals surface area contributed by atoms with Crippen LogP contribution < -0.4 is 5.32 Å². The minimum atomic E-state index is -0.262. The SMILES string of the molecule is CCOC(=O)N1CCN(CC(=O)NCCc2cccs2)CC1. The Morgan fingerprint density at radius 2 is 2.09 bits per heavy atom. The van der Waals surface area contributed by atoms with Crippen molar-refractivity contribution < 1.29 is 14.3 Å². The van der Waals surface area contributed by atoms with Crippen LogP contribution in [0, 0.1) is 0 Å². The summed E-state index contributed by atoms with van der Waals surface area (Å²) in [6.07, 6.45) is 0.614. The van der Waals surface area contributed by atoms with Crippen LogP contribution in [0.5, 0.6) is 0 Å². The van der Waals surface area contributed by atoms with E-state index in [1.165, 1.54) is 4.88 Å². The van der Waals surface area contributed by atoms with Crippen molar-refractivity contribution in [1.29, 1.82) is 0 Å². The van der Waals surface area contributed by atoms with Crippen LogP contribution in [0.1, 0.15) is 11.8 Å². The molecular weight excluding hydrogens is 302 g/mol. The Labute approximate surface area is 135 Å². The van der Waals surface area contributed by atoms with Crippen molar-refractivity contribution in [2.75, 3.05) is 45.9 Å². The Hall–Kier alpha value is -1.60. The molecule has 1 aliphatic heterocycles. The van der Waals surface area contributed by atoms with Crippen LogP contribution in [-0.2, 0) is 16.0 Å². The van der Waals surface area contributed by atoms with E-state index in [0.717, 1.165) is 6.42 Å². The van der Waals surface area contributed by atoms with E-state index in [1.54, 1.807) is 23.2 Å². The second-order valence-electron chi connectivity index (χ2n) is 5.14. The molecule has 0 aliphatic carbocycles. The van der Waals surface area contributed by atoms with Gasteiger partial charge in [0, 0.05) is 37.6 Å². The Balaban J connectivity index is 1.61. The van der Waals surface area contributed by atoms with Crippen LogP contribution >= 0.6 is 11.3 Å². The fourth-order valence-electron chi connectivity index (χ4n) is 2.34. The van der Waals surface area contributed by atoms with Gasteiger partial charge in [-0.25, -0.2) is 4.79 Å². The van der Waals surface area contributed by atoms with E-state index in [-0.39, 0.29) is 12.0 Å². The molecule has 0 atom stereocenters. The van der Waals surface area contributed by atoms with Gasteiger partial charge in [0.2, 0.25) is 5.91 Å². The van der Waals surface area contributed by atoms with E-state index < -0.39 is 0 Å². The summed E-state index contributed by atoms with van der Waals surface area (Å²) in [4.78, 5) is 28.5. The van der Waals surface area contributed by atoms with Crippen molar-refractivity contribution >= 4 is 23.3 Å². The quantitative estimate of drug-likeness (QED) is 0.853. The number of thiophene rings is 1. The van der Waals surface area contributed by atoms with Gasteiger partial charge < -0.3 is 15.0 Å². The van der Waals surface area contributed by atoms with E-state index >= 15 is 0 Å². The standard InChI is InChI=1S/C15H23N3O3S/c1-2-21-15(20)18-9-7-17(8-10-18)12-14(19)16-6-5-13-4-3-11-22-13/h3-4,11H,2,5-10,12H2,1H3,(H,16,19). The number of hydrogen-bond donors (Lipinski definition) is 1. The molecule has 1 aliphatic rings. The summed E-state index contributed by atoms with van der Waals surface area (Å²) < 4.78 is 4.98. The highest BCUT2D eigenvalue weighted by atomic mass is 32.1. The maximum atomic E-state index is 11.9. The zero-order chi connectivity index (χ0) is 15.8. The second kappa shape index (κ2) is 8.75. The van der Waals surface area contributed by atoms with E-state index in [4.69, 9.17) is 4.74 Å². The topological polar surface area (TPSA) is 61.9 Å². The number of hydrogen-bond acceptors (Lipinski definition) is 5. The van der Waals surface area contributed by atoms with Crippen LogP contribution in [-0.4, -0.2) is 67.7 Å². The van der Waals surface area contributed by atoms with Crippen LogP contribution in [0.2, 0.25) is 0 Å². The predicted octanol–water partition coefficient (Wildman–Crippen LogP) is 1.18. The van der Waals surface area contributed by atoms with Crippen molar-refractivity contribution in [2.45, 2.75) is 13.3 Å². The first-order chi connectivity index (χ1) is 10.7. The molecule has 2 heterocycles. The number of carbonyl (C=O) groups excluding carboxylic acids is 2. The molecular formula is C15H23N3O3S. The van der Waals surface area contributed by atoms with Crippen molar-refractivity contribution in [2.24, 2.45) is 0 Å². The minimum absolute atomic E-state index is 0.0427. The molecule has 0 unspecified atom stereocenters. The highest BCUT2D eigenvalue weighted by Gasteiger charge is 2.22. The fraction of sp³-hybridized carbons (Fsp3) is 0.600. The molecule has 1 aromatic heterocycles. The molecule has 2 amide bonds. The molecule has 1 aromatic rings. The van der Waals surface area contributed by atoms with Gasteiger partial charge in [0.15, 0.2) is 0 Å². The molecule has 1 saturated heterocycles. The summed E-state index contributed by atoms with van der Waals surface area (Å²) in [5, 5.41) is 4.99. The van der Waals surface area contributed by atoms with Gasteiger partial charge in [-0.1, -0.05) is 6.07 Å². The third-order valence-corrected chi connectivity index (χ3v) is 4.48. The van der Waals surface area contributed by atoms with Crippen molar-refractivity contribution in [3.8, 4) is 0 Å². The van der Waals surface area contributed by atoms with Gasteiger partial charge in [-0.05, 0) is 24.8 Å². The Kier molecular flexibility index (Phi) is 6.67. The molecule has 0 aromatic carbocycles. The molecule has 7 heteroatoms. The van der Waals surface area contributed by atoms with Gasteiger partial charge in [0.1, 0.15) is 0 Å². The Morgan fingerprint density at radius 3 is 2.73 bits per heavy atom. The van der Waals surface area contributed by atoms with E-state index in [0.29, 0.717) is 45.9 Å². The molecule has 1 fully saturated rings. The Morgan fingerprint density at radius 1 is 1.32 bits per heavy atom. The van der Waals surface area contributed by atoms with Crippen LogP contribution in [0.3, 0.4) is 0 Å². The summed E-state index contributed by atoms with van der Waals surface area (Å²) in [6.45, 7) is 5.89. The average Bonchev–Trinajstić information content (AvgIpc) is 3.01. The lowest BCUT2D eigenvalue weighted by molar-refractivity contribution is -0.122. The third kappa shape index (κ3) is 5.31. The van der Waals surface area contributed by atoms with Crippen molar-refractivity contribution in [1.82, 2.24) is 15.1 Å². The van der Waals surface area contributed by atoms with E-state index in [1.807, 2.05) is 11.4 Å². The first kappa shape index (κ1) is 16.8. The van der Waals surface area contributed by atoms with Gasteiger partial charge >= 0.3 is 6.09 Å². The summed E-state index contributed by atoms with van der Waals surface area (Å²) >= 11 is 1.71. The molecule has 0 spiro atoms. The largest absolute Gasteiger partial charge is 0.450 e. The van der Waals surface area contributed by atoms with E-state index in [2.05, 4.69) is 16.3 Å². The van der Waals surface area contributed by atoms with Crippen LogP contribution in [0.15, 0.2) is 17.5 Å². The normalized spacial score (nSPS) is 15.6. The van der Waals surface area contributed by atoms with Gasteiger partial charge in [-0.3, -0.25) is 9.69 Å². The third-order valence-electron chi connectivity index (χ3n) is 3.54. The predicted molar refractivity (Wildman–Crippen MR) is 86.1 cm³/mol. The summed E-state index contributed by atoms with van der Waals surface area (Å²) in [5.74, 6) is 0.0427. The first-order valence-electron chi connectivity index (χ1n) is 7.62. The first-order valence-corrected chi connectivity index (χ1v) is 8.50. The lowest BCUT2D eigenvalue weighted by atomic mass is 10.3. The van der Waals surface area contributed by atoms with Gasteiger partial charge in [-0.15, -0.1) is 11.3 Å². The number of nitrogens with zero attached hydrogens (tertiary/aromatic N) is 2. The number of carbonyl (C=O) groups is 2. The monoisotopic (exact) mass is 325 g/mol. The molecule has 122 valence electrons. The van der Waals surface area contributed by atoms with Gasteiger partial charge in [0.05, 0.1) is 13.2 Å². The van der Waals surface area contributed by atoms with Crippen LogP contribution in [0.4, 0.5) is 4.79 Å². The van der Waals surface area contributed by atoms with Gasteiger partial charge in [0.25, 0.3) is 0 Å². The summed E-state index contributed by atoms with van der Waals surface area (Å²) in [5.41, 5.74) is 0. The maximum Gasteiger partial charge on any atom is 0.409 e. The molecule has 22 heavy (non-hydrogen) atoms. The lowest BCUT2D eigenvalue weighted by Crippen LogP contribution is -2.51. The molecule has 6 nitrogen and oxygen atoms in total. The maximum absolute atomic E-state index is 11.9.